The van der Waals surface area contributed by atoms with Crippen LogP contribution in [0.15, 0.2) is 59.0 Å². The predicted molar refractivity (Wildman–Crippen MR) is 100 cm³/mol. The lowest BCUT2D eigenvalue weighted by molar-refractivity contribution is -0.118. The van der Waals surface area contributed by atoms with Crippen LogP contribution in [0.2, 0.25) is 0 Å². The van der Waals surface area contributed by atoms with Gasteiger partial charge in [-0.3, -0.25) is 4.79 Å². The molecule has 2 N–H and O–H groups in total. The number of furan rings is 1. The SMILES string of the molecule is Cc1ccc(OCC(=O)Nc2cccc(-c3ccc(CO)o3)c2)cc1C. The number of aliphatic hydroxyl groups excluding tert-OH is 1. The minimum absolute atomic E-state index is 0.0673. The summed E-state index contributed by atoms with van der Waals surface area (Å²) in [6.07, 6.45) is 0. The van der Waals surface area contributed by atoms with Gasteiger partial charge in [-0.2, -0.15) is 0 Å². The first-order valence-corrected chi connectivity index (χ1v) is 8.35. The largest absolute Gasteiger partial charge is 0.484 e. The molecule has 5 nitrogen and oxygen atoms in total. The molecule has 134 valence electrons. The minimum Gasteiger partial charge on any atom is -0.484 e. The van der Waals surface area contributed by atoms with E-state index in [1.807, 2.05) is 50.2 Å². The van der Waals surface area contributed by atoms with Gasteiger partial charge in [0.25, 0.3) is 5.91 Å². The Morgan fingerprint density at radius 2 is 1.92 bits per heavy atom. The number of ether oxygens (including phenoxy) is 1. The quantitative estimate of drug-likeness (QED) is 0.702. The summed E-state index contributed by atoms with van der Waals surface area (Å²) < 4.78 is 11.1. The lowest BCUT2D eigenvalue weighted by atomic mass is 10.1. The Bertz CT molecular complexity index is 914. The summed E-state index contributed by atoms with van der Waals surface area (Å²) >= 11 is 0. The Morgan fingerprint density at radius 3 is 2.65 bits per heavy atom. The van der Waals surface area contributed by atoms with Gasteiger partial charge in [0.2, 0.25) is 0 Å². The summed E-state index contributed by atoms with van der Waals surface area (Å²) in [4.78, 5) is 12.1. The molecule has 0 aliphatic carbocycles. The number of hydrogen-bond acceptors (Lipinski definition) is 4. The summed E-state index contributed by atoms with van der Waals surface area (Å²) in [6, 6.07) is 16.6. The lowest BCUT2D eigenvalue weighted by Gasteiger charge is -2.09. The third-order valence-corrected chi connectivity index (χ3v) is 4.10. The standard InChI is InChI=1S/C21H21NO4/c1-14-6-7-18(10-15(14)2)25-13-21(24)22-17-5-3-4-16(11-17)20-9-8-19(12-23)26-20/h3-11,23H,12-13H2,1-2H3,(H,22,24). The molecule has 0 aliphatic rings. The van der Waals surface area contributed by atoms with Crippen molar-refractivity contribution < 1.29 is 19.1 Å². The highest BCUT2D eigenvalue weighted by Crippen LogP contribution is 2.25. The first-order valence-electron chi connectivity index (χ1n) is 8.35. The topological polar surface area (TPSA) is 71.7 Å². The minimum atomic E-state index is -0.240. The monoisotopic (exact) mass is 351 g/mol. The fourth-order valence-corrected chi connectivity index (χ4v) is 2.52. The van der Waals surface area contributed by atoms with Gasteiger partial charge in [-0.05, 0) is 61.4 Å². The third kappa shape index (κ3) is 4.32. The molecule has 1 amide bonds. The molecular formula is C21H21NO4. The number of amides is 1. The number of anilines is 1. The number of carbonyl (C=O) groups excluding carboxylic acids is 1. The van der Waals surface area contributed by atoms with Gasteiger partial charge in [-0.1, -0.05) is 18.2 Å². The fourth-order valence-electron chi connectivity index (χ4n) is 2.52. The second-order valence-corrected chi connectivity index (χ2v) is 6.09. The molecular weight excluding hydrogens is 330 g/mol. The molecule has 3 rings (SSSR count). The molecule has 3 aromatic rings. The van der Waals surface area contributed by atoms with Crippen molar-refractivity contribution in [1.29, 1.82) is 0 Å². The average molecular weight is 351 g/mol. The first kappa shape index (κ1) is 17.8. The molecule has 0 atom stereocenters. The second-order valence-electron chi connectivity index (χ2n) is 6.09. The maximum Gasteiger partial charge on any atom is 0.262 e. The van der Waals surface area contributed by atoms with Gasteiger partial charge in [0.05, 0.1) is 0 Å². The summed E-state index contributed by atoms with van der Waals surface area (Å²) in [7, 11) is 0. The van der Waals surface area contributed by atoms with Gasteiger partial charge >= 0.3 is 0 Å². The van der Waals surface area contributed by atoms with Gasteiger partial charge in [-0.25, -0.2) is 0 Å². The fraction of sp³-hybridized carbons (Fsp3) is 0.190. The molecule has 0 fully saturated rings. The van der Waals surface area contributed by atoms with E-state index in [0.29, 0.717) is 23.0 Å². The maximum absolute atomic E-state index is 12.1. The molecule has 0 radical (unpaired) electrons. The van der Waals surface area contributed by atoms with Gasteiger partial charge in [0, 0.05) is 11.3 Å². The van der Waals surface area contributed by atoms with Gasteiger partial charge in [0.1, 0.15) is 23.9 Å². The van der Waals surface area contributed by atoms with Crippen molar-refractivity contribution in [3.63, 3.8) is 0 Å². The van der Waals surface area contributed by atoms with Crippen molar-refractivity contribution in [1.82, 2.24) is 0 Å². The van der Waals surface area contributed by atoms with Crippen LogP contribution in [-0.4, -0.2) is 17.6 Å². The Labute approximate surface area is 152 Å². The number of carbonyl (C=O) groups is 1. The molecule has 5 heteroatoms. The van der Waals surface area contributed by atoms with Crippen molar-refractivity contribution in [2.75, 3.05) is 11.9 Å². The van der Waals surface area contributed by atoms with Gasteiger partial charge in [0.15, 0.2) is 6.61 Å². The number of nitrogens with one attached hydrogen (secondary N) is 1. The van der Waals surface area contributed by atoms with Crippen LogP contribution in [0.1, 0.15) is 16.9 Å². The van der Waals surface area contributed by atoms with Crippen LogP contribution in [0.25, 0.3) is 11.3 Å². The van der Waals surface area contributed by atoms with Crippen LogP contribution in [0, 0.1) is 13.8 Å². The van der Waals surface area contributed by atoms with Crippen LogP contribution in [-0.2, 0) is 11.4 Å². The molecule has 0 spiro atoms. The first-order chi connectivity index (χ1) is 12.5. The van der Waals surface area contributed by atoms with E-state index < -0.39 is 0 Å². The van der Waals surface area contributed by atoms with Crippen LogP contribution < -0.4 is 10.1 Å². The smallest absolute Gasteiger partial charge is 0.262 e. The zero-order valence-corrected chi connectivity index (χ0v) is 14.8. The van der Waals surface area contributed by atoms with E-state index in [4.69, 9.17) is 14.3 Å². The third-order valence-electron chi connectivity index (χ3n) is 4.10. The van der Waals surface area contributed by atoms with Crippen LogP contribution in [0.5, 0.6) is 5.75 Å². The van der Waals surface area contributed by atoms with Crippen molar-refractivity contribution in [3.05, 3.63) is 71.5 Å². The van der Waals surface area contributed by atoms with E-state index >= 15 is 0 Å². The number of hydrogen-bond donors (Lipinski definition) is 2. The van der Waals surface area contributed by atoms with Crippen molar-refractivity contribution in [2.24, 2.45) is 0 Å². The summed E-state index contributed by atoms with van der Waals surface area (Å²) in [6.45, 7) is 3.82. The molecule has 0 unspecified atom stereocenters. The Morgan fingerprint density at radius 1 is 1.08 bits per heavy atom. The summed E-state index contributed by atoms with van der Waals surface area (Å²) in [5.74, 6) is 1.56. The highest BCUT2D eigenvalue weighted by molar-refractivity contribution is 5.92. The highest BCUT2D eigenvalue weighted by atomic mass is 16.5. The molecule has 0 aliphatic heterocycles. The Kier molecular flexibility index (Phi) is 5.39. The zero-order chi connectivity index (χ0) is 18.5. The number of aryl methyl sites for hydroxylation is 2. The number of benzene rings is 2. The molecule has 1 heterocycles. The molecule has 1 aromatic heterocycles. The predicted octanol–water partition coefficient (Wildman–Crippen LogP) is 4.07. The molecule has 26 heavy (non-hydrogen) atoms. The van der Waals surface area contributed by atoms with E-state index in [9.17, 15) is 4.79 Å². The van der Waals surface area contributed by atoms with Crippen molar-refractivity contribution >= 4 is 11.6 Å². The highest BCUT2D eigenvalue weighted by Gasteiger charge is 2.08. The summed E-state index contributed by atoms with van der Waals surface area (Å²) in [5.41, 5.74) is 3.77. The molecule has 2 aromatic carbocycles. The van der Waals surface area contributed by atoms with Crippen LogP contribution >= 0.6 is 0 Å². The molecule has 0 bridgehead atoms. The molecule has 0 saturated carbocycles. The molecule has 0 saturated heterocycles. The van der Waals surface area contributed by atoms with Crippen LogP contribution in [0.4, 0.5) is 5.69 Å². The average Bonchev–Trinajstić information content (AvgIpc) is 3.12. The number of rotatable bonds is 6. The Balaban J connectivity index is 1.62. The Hall–Kier alpha value is -3.05. The normalized spacial score (nSPS) is 10.6. The summed E-state index contributed by atoms with van der Waals surface area (Å²) in [5, 5.41) is 11.9. The number of aliphatic hydroxyl groups is 1. The lowest BCUT2D eigenvalue weighted by Crippen LogP contribution is -2.20. The second kappa shape index (κ2) is 7.89. The van der Waals surface area contributed by atoms with E-state index in [1.54, 1.807) is 18.2 Å². The van der Waals surface area contributed by atoms with E-state index in [0.717, 1.165) is 11.1 Å². The van der Waals surface area contributed by atoms with Crippen LogP contribution in [0.3, 0.4) is 0 Å². The maximum atomic E-state index is 12.1. The van der Waals surface area contributed by atoms with E-state index in [1.165, 1.54) is 5.56 Å². The zero-order valence-electron chi connectivity index (χ0n) is 14.8. The van der Waals surface area contributed by atoms with Gasteiger partial charge < -0.3 is 19.6 Å². The van der Waals surface area contributed by atoms with Crippen molar-refractivity contribution in [3.8, 4) is 17.1 Å². The van der Waals surface area contributed by atoms with E-state index in [2.05, 4.69) is 5.32 Å². The van der Waals surface area contributed by atoms with Gasteiger partial charge in [-0.15, -0.1) is 0 Å². The van der Waals surface area contributed by atoms with E-state index in [-0.39, 0.29) is 19.1 Å². The van der Waals surface area contributed by atoms with Crippen molar-refractivity contribution in [2.45, 2.75) is 20.5 Å².